The Balaban J connectivity index is 1.67. The van der Waals surface area contributed by atoms with Crippen LogP contribution in [-0.2, 0) is 16.2 Å². The zero-order chi connectivity index (χ0) is 26.7. The van der Waals surface area contributed by atoms with E-state index in [9.17, 15) is 14.4 Å². The summed E-state index contributed by atoms with van der Waals surface area (Å²) in [6, 6.07) is 13.5. The molecule has 0 unspecified atom stereocenters. The van der Waals surface area contributed by atoms with Crippen molar-refractivity contribution in [3.8, 4) is 11.5 Å². The van der Waals surface area contributed by atoms with Gasteiger partial charge in [-0.25, -0.2) is 9.69 Å². The van der Waals surface area contributed by atoms with Crippen molar-refractivity contribution in [3.63, 3.8) is 0 Å². The number of barbiturate groups is 1. The number of hydrogen-bond donors (Lipinski definition) is 1. The van der Waals surface area contributed by atoms with Crippen molar-refractivity contribution >= 4 is 76.0 Å². The monoisotopic (exact) mass is 578 g/mol. The molecular weight excluding hydrogens is 562 g/mol. The van der Waals surface area contributed by atoms with Gasteiger partial charge in [-0.2, -0.15) is 0 Å². The van der Waals surface area contributed by atoms with Crippen LogP contribution in [0.5, 0.6) is 11.5 Å². The average molecular weight is 580 g/mol. The van der Waals surface area contributed by atoms with Crippen molar-refractivity contribution in [1.29, 1.82) is 0 Å². The molecule has 0 aromatic heterocycles. The number of ether oxygens (including phenoxy) is 2. The molecule has 0 atom stereocenters. The number of urea groups is 1. The average Bonchev–Trinajstić information content (AvgIpc) is 2.83. The van der Waals surface area contributed by atoms with Gasteiger partial charge in [0.15, 0.2) is 11.5 Å². The van der Waals surface area contributed by atoms with Gasteiger partial charge in [-0.15, -0.1) is 0 Å². The first-order chi connectivity index (χ1) is 17.7. The molecule has 3 aromatic carbocycles. The quantitative estimate of drug-likeness (QED) is 0.242. The van der Waals surface area contributed by atoms with Crippen molar-refractivity contribution in [2.45, 2.75) is 13.5 Å². The van der Waals surface area contributed by atoms with Gasteiger partial charge in [0.25, 0.3) is 11.8 Å². The Morgan fingerprint density at radius 1 is 0.892 bits per heavy atom. The van der Waals surface area contributed by atoms with E-state index in [-0.39, 0.29) is 39.4 Å². The van der Waals surface area contributed by atoms with Crippen LogP contribution >= 0.6 is 46.4 Å². The largest absolute Gasteiger partial charge is 0.490 e. The van der Waals surface area contributed by atoms with Crippen LogP contribution in [0.2, 0.25) is 20.1 Å². The summed E-state index contributed by atoms with van der Waals surface area (Å²) in [6.45, 7) is 2.17. The van der Waals surface area contributed by atoms with Crippen molar-refractivity contribution < 1.29 is 23.9 Å². The van der Waals surface area contributed by atoms with E-state index >= 15 is 0 Å². The number of hydrogen-bond acceptors (Lipinski definition) is 5. The highest BCUT2D eigenvalue weighted by molar-refractivity contribution is 6.42. The molecule has 3 aromatic rings. The van der Waals surface area contributed by atoms with Gasteiger partial charge in [0, 0.05) is 15.6 Å². The minimum atomic E-state index is -0.905. The number of carbonyl (C=O) groups excluding carboxylic acids is 3. The molecule has 4 rings (SSSR count). The maximum atomic E-state index is 13.2. The fraction of sp³-hybridized carbons (Fsp3) is 0.115. The first-order valence-corrected chi connectivity index (χ1v) is 12.4. The number of rotatable bonds is 7. The third-order valence-electron chi connectivity index (χ3n) is 5.22. The van der Waals surface area contributed by atoms with E-state index in [2.05, 4.69) is 5.32 Å². The Morgan fingerprint density at radius 2 is 1.65 bits per heavy atom. The van der Waals surface area contributed by atoms with Gasteiger partial charge in [0.05, 0.1) is 22.3 Å². The Morgan fingerprint density at radius 3 is 2.35 bits per heavy atom. The van der Waals surface area contributed by atoms with E-state index in [1.165, 1.54) is 24.3 Å². The zero-order valence-electron chi connectivity index (χ0n) is 19.2. The highest BCUT2D eigenvalue weighted by Crippen LogP contribution is 2.39. The number of nitrogens with zero attached hydrogens (tertiary/aromatic N) is 1. The summed E-state index contributed by atoms with van der Waals surface area (Å²) in [7, 11) is 0. The minimum Gasteiger partial charge on any atom is -0.490 e. The lowest BCUT2D eigenvalue weighted by Gasteiger charge is -2.27. The first-order valence-electron chi connectivity index (χ1n) is 10.9. The normalized spacial score (nSPS) is 14.7. The van der Waals surface area contributed by atoms with Gasteiger partial charge in [-0.1, -0.05) is 64.6 Å². The van der Waals surface area contributed by atoms with Crippen LogP contribution < -0.4 is 19.7 Å². The Hall–Kier alpha value is -3.23. The number of benzene rings is 3. The SMILES string of the molecule is CCOc1cc(/C=C2\C(=O)NC(=O)N(c3ccccc3Cl)C2=O)cc(Cl)c1OCc1ccc(Cl)cc1Cl. The fourth-order valence-electron chi connectivity index (χ4n) is 3.54. The number of amides is 4. The summed E-state index contributed by atoms with van der Waals surface area (Å²) < 4.78 is 11.6. The summed E-state index contributed by atoms with van der Waals surface area (Å²) in [5.41, 5.74) is 0.907. The van der Waals surface area contributed by atoms with Gasteiger partial charge < -0.3 is 9.47 Å². The summed E-state index contributed by atoms with van der Waals surface area (Å²) in [5, 5.41) is 3.43. The second-order valence-electron chi connectivity index (χ2n) is 7.70. The molecule has 7 nitrogen and oxygen atoms in total. The second-order valence-corrected chi connectivity index (χ2v) is 9.35. The number of nitrogens with one attached hydrogen (secondary N) is 1. The smallest absolute Gasteiger partial charge is 0.335 e. The van der Waals surface area contributed by atoms with Crippen molar-refractivity contribution in [2.75, 3.05) is 11.5 Å². The predicted octanol–water partition coefficient (Wildman–Crippen LogP) is 6.94. The second kappa shape index (κ2) is 11.4. The van der Waals surface area contributed by atoms with E-state index in [1.54, 1.807) is 43.3 Å². The highest BCUT2D eigenvalue weighted by atomic mass is 35.5. The van der Waals surface area contributed by atoms with Gasteiger partial charge in [-0.05, 0) is 55.0 Å². The first kappa shape index (κ1) is 26.8. The molecule has 37 heavy (non-hydrogen) atoms. The number of para-hydroxylation sites is 1. The van der Waals surface area contributed by atoms with E-state index in [1.807, 2.05) is 0 Å². The molecular formula is C26H18Cl4N2O5. The van der Waals surface area contributed by atoms with Gasteiger partial charge in [0.2, 0.25) is 0 Å². The molecule has 0 saturated carbocycles. The lowest BCUT2D eigenvalue weighted by atomic mass is 10.1. The summed E-state index contributed by atoms with van der Waals surface area (Å²) in [6.07, 6.45) is 1.31. The minimum absolute atomic E-state index is 0.0893. The molecule has 1 aliphatic rings. The summed E-state index contributed by atoms with van der Waals surface area (Å²) in [4.78, 5) is 39.0. The molecule has 1 heterocycles. The zero-order valence-corrected chi connectivity index (χ0v) is 22.2. The third kappa shape index (κ3) is 5.86. The highest BCUT2D eigenvalue weighted by Gasteiger charge is 2.37. The van der Waals surface area contributed by atoms with Crippen LogP contribution in [0, 0.1) is 0 Å². The maximum absolute atomic E-state index is 13.2. The Kier molecular flexibility index (Phi) is 8.29. The van der Waals surface area contributed by atoms with Gasteiger partial charge >= 0.3 is 6.03 Å². The molecule has 190 valence electrons. The van der Waals surface area contributed by atoms with Crippen LogP contribution in [0.1, 0.15) is 18.1 Å². The number of imide groups is 2. The van der Waals surface area contributed by atoms with Crippen LogP contribution in [0.3, 0.4) is 0 Å². The van der Waals surface area contributed by atoms with Crippen LogP contribution in [0.25, 0.3) is 6.08 Å². The van der Waals surface area contributed by atoms with Gasteiger partial charge in [0.1, 0.15) is 12.2 Å². The lowest BCUT2D eigenvalue weighted by molar-refractivity contribution is -0.122. The van der Waals surface area contributed by atoms with Crippen LogP contribution in [0.4, 0.5) is 10.5 Å². The molecule has 0 bridgehead atoms. The summed E-state index contributed by atoms with van der Waals surface area (Å²) in [5.74, 6) is -1.16. The Labute approximate surface area is 232 Å². The topological polar surface area (TPSA) is 84.9 Å². The summed E-state index contributed by atoms with van der Waals surface area (Å²) >= 11 is 24.9. The van der Waals surface area contributed by atoms with Crippen molar-refractivity contribution in [2.24, 2.45) is 0 Å². The van der Waals surface area contributed by atoms with E-state index in [4.69, 9.17) is 55.9 Å². The lowest BCUT2D eigenvalue weighted by Crippen LogP contribution is -2.54. The maximum Gasteiger partial charge on any atom is 0.335 e. The predicted molar refractivity (Wildman–Crippen MR) is 144 cm³/mol. The third-order valence-corrected chi connectivity index (χ3v) is 6.41. The number of halogens is 4. The molecule has 4 amide bonds. The molecule has 0 radical (unpaired) electrons. The van der Waals surface area contributed by atoms with Crippen LogP contribution in [0.15, 0.2) is 60.2 Å². The van der Waals surface area contributed by atoms with Crippen molar-refractivity contribution in [1.82, 2.24) is 5.32 Å². The fourth-order valence-corrected chi connectivity index (χ4v) is 4.50. The van der Waals surface area contributed by atoms with Crippen LogP contribution in [-0.4, -0.2) is 24.5 Å². The molecule has 1 N–H and O–H groups in total. The number of anilines is 1. The standard InChI is InChI=1S/C26H18Cl4N2O5/c1-2-36-22-11-14(10-20(30)23(22)37-13-15-7-8-16(27)12-19(15)29)9-17-24(33)31-26(35)32(25(17)34)21-6-4-3-5-18(21)28/h3-12H,2,13H2,1H3,(H,31,33,35)/b17-9+. The van der Waals surface area contributed by atoms with E-state index in [0.717, 1.165) is 4.90 Å². The molecule has 11 heteroatoms. The van der Waals surface area contributed by atoms with E-state index < -0.39 is 17.8 Å². The molecule has 0 aliphatic carbocycles. The van der Waals surface area contributed by atoms with Crippen molar-refractivity contribution in [3.05, 3.63) is 91.4 Å². The molecule has 1 saturated heterocycles. The molecule has 0 spiro atoms. The molecule has 1 fully saturated rings. The number of carbonyl (C=O) groups is 3. The van der Waals surface area contributed by atoms with Gasteiger partial charge in [-0.3, -0.25) is 14.9 Å². The Bertz CT molecular complexity index is 1440. The van der Waals surface area contributed by atoms with E-state index in [0.29, 0.717) is 27.8 Å². The molecule has 1 aliphatic heterocycles.